The Morgan fingerprint density at radius 1 is 1.02 bits per heavy atom. The van der Waals surface area contributed by atoms with Gasteiger partial charge in [0.25, 0.3) is 0 Å². The van der Waals surface area contributed by atoms with E-state index in [9.17, 15) is 19.5 Å². The number of aromatic hydroxyl groups is 1. The van der Waals surface area contributed by atoms with Gasteiger partial charge in [-0.15, -0.1) is 0 Å². The van der Waals surface area contributed by atoms with Crippen molar-refractivity contribution < 1.29 is 19.5 Å². The summed E-state index contributed by atoms with van der Waals surface area (Å²) in [6.07, 6.45) is 6.89. The molecular formula is C28H36Br2N6O4. The minimum Gasteiger partial charge on any atom is -0.506 e. The van der Waals surface area contributed by atoms with Gasteiger partial charge in [-0.3, -0.25) is 9.78 Å². The molecule has 0 bridgehead atoms. The summed E-state index contributed by atoms with van der Waals surface area (Å²) < 4.78 is 1.02. The van der Waals surface area contributed by atoms with Gasteiger partial charge in [0.2, 0.25) is 5.91 Å². The summed E-state index contributed by atoms with van der Waals surface area (Å²) in [7, 11) is 3.37. The van der Waals surface area contributed by atoms with Crippen molar-refractivity contribution >= 4 is 49.8 Å². The van der Waals surface area contributed by atoms with Crippen molar-refractivity contribution in [3.8, 4) is 5.75 Å². The van der Waals surface area contributed by atoms with Crippen LogP contribution in [0.25, 0.3) is 0 Å². The van der Waals surface area contributed by atoms with Crippen molar-refractivity contribution in [3.63, 3.8) is 0 Å². The van der Waals surface area contributed by atoms with E-state index in [-0.39, 0.29) is 36.2 Å². The first kappa shape index (κ1) is 30.1. The van der Waals surface area contributed by atoms with Gasteiger partial charge in [-0.05, 0) is 98.9 Å². The van der Waals surface area contributed by atoms with E-state index in [1.165, 1.54) is 5.56 Å². The number of nitrogens with zero attached hydrogens (tertiary/aromatic N) is 4. The van der Waals surface area contributed by atoms with Crippen molar-refractivity contribution in [2.24, 2.45) is 0 Å². The van der Waals surface area contributed by atoms with Crippen LogP contribution in [0.3, 0.4) is 0 Å². The van der Waals surface area contributed by atoms with E-state index in [4.69, 9.17) is 0 Å². The largest absolute Gasteiger partial charge is 0.506 e. The topological polar surface area (TPSA) is 118 Å². The van der Waals surface area contributed by atoms with Crippen molar-refractivity contribution in [2.75, 3.05) is 40.3 Å². The summed E-state index contributed by atoms with van der Waals surface area (Å²) in [5, 5.41) is 15.8. The van der Waals surface area contributed by atoms with Crippen LogP contribution in [0.15, 0.2) is 45.6 Å². The van der Waals surface area contributed by atoms with E-state index in [1.54, 1.807) is 48.4 Å². The monoisotopic (exact) mass is 678 g/mol. The number of likely N-dealkylation sites (tertiary alicyclic amines) is 2. The van der Waals surface area contributed by atoms with Crippen molar-refractivity contribution in [1.82, 2.24) is 30.3 Å². The highest BCUT2D eigenvalue weighted by Gasteiger charge is 2.33. The molecule has 40 heavy (non-hydrogen) atoms. The first-order chi connectivity index (χ1) is 19.2. The molecule has 2 aromatic rings. The fourth-order valence-electron chi connectivity index (χ4n) is 5.50. The van der Waals surface area contributed by atoms with Crippen LogP contribution in [0, 0.1) is 0 Å². The molecule has 1 aromatic carbocycles. The second kappa shape index (κ2) is 13.7. The molecule has 0 unspecified atom stereocenters. The average Bonchev–Trinajstić information content (AvgIpc) is 2.98. The Kier molecular flexibility index (Phi) is 10.3. The average molecular weight is 680 g/mol. The first-order valence-electron chi connectivity index (χ1n) is 13.5. The lowest BCUT2D eigenvalue weighted by Gasteiger charge is -2.38. The van der Waals surface area contributed by atoms with Gasteiger partial charge in [0.1, 0.15) is 11.8 Å². The lowest BCUT2D eigenvalue weighted by molar-refractivity contribution is -0.134. The number of phenolic OH excluding ortho intramolecular Hbond substituents is 1. The van der Waals surface area contributed by atoms with Gasteiger partial charge in [0.05, 0.1) is 8.95 Å². The molecule has 2 fully saturated rings. The van der Waals surface area contributed by atoms with Gasteiger partial charge >= 0.3 is 12.1 Å². The Morgan fingerprint density at radius 3 is 2.17 bits per heavy atom. The zero-order chi connectivity index (χ0) is 28.8. The smallest absolute Gasteiger partial charge is 0.318 e. The molecule has 5 amide bonds. The predicted octanol–water partition coefficient (Wildman–Crippen LogP) is 4.07. The number of phenols is 1. The molecule has 3 N–H and O–H groups in total. The number of piperidine rings is 2. The number of pyridine rings is 1. The maximum atomic E-state index is 13.8. The number of benzene rings is 1. The molecule has 4 rings (SSSR count). The van der Waals surface area contributed by atoms with Gasteiger partial charge in [0, 0.05) is 65.1 Å². The van der Waals surface area contributed by atoms with Crippen LogP contribution in [0.4, 0.5) is 9.59 Å². The molecule has 0 aliphatic carbocycles. The second-order valence-corrected chi connectivity index (χ2v) is 12.1. The third-order valence-electron chi connectivity index (χ3n) is 7.93. The molecule has 0 radical (unpaired) electrons. The number of amides is 5. The molecule has 10 nitrogen and oxygen atoms in total. The summed E-state index contributed by atoms with van der Waals surface area (Å²) in [6, 6.07) is 6.44. The number of hydrogen-bond acceptors (Lipinski definition) is 5. The fourth-order valence-corrected chi connectivity index (χ4v) is 6.78. The Labute approximate surface area is 251 Å². The van der Waals surface area contributed by atoms with E-state index in [1.807, 2.05) is 17.0 Å². The van der Waals surface area contributed by atoms with E-state index in [2.05, 4.69) is 47.5 Å². The summed E-state index contributed by atoms with van der Waals surface area (Å²) in [5.41, 5.74) is 2.03. The zero-order valence-corrected chi connectivity index (χ0v) is 25.9. The van der Waals surface area contributed by atoms with E-state index in [0.717, 1.165) is 18.4 Å². The minimum absolute atomic E-state index is 0.0508. The van der Waals surface area contributed by atoms with Crippen LogP contribution in [0.5, 0.6) is 5.75 Å². The molecule has 12 heteroatoms. The number of urea groups is 2. The lowest BCUT2D eigenvalue weighted by atomic mass is 9.89. The van der Waals surface area contributed by atoms with Crippen LogP contribution in [-0.2, 0) is 11.2 Å². The molecule has 0 spiro atoms. The summed E-state index contributed by atoms with van der Waals surface area (Å²) in [6.45, 7) is 2.20. The number of carbonyl (C=O) groups is 3. The number of halogens is 2. The molecule has 2 aliphatic heterocycles. The van der Waals surface area contributed by atoms with Crippen LogP contribution >= 0.6 is 31.9 Å². The molecular weight excluding hydrogens is 644 g/mol. The van der Waals surface area contributed by atoms with Gasteiger partial charge in [-0.25, -0.2) is 9.59 Å². The van der Waals surface area contributed by atoms with E-state index >= 15 is 0 Å². The quantitative estimate of drug-likeness (QED) is 0.426. The SMILES string of the molecule is CNC(=O)N(C)C1CCN(C(=O)N[C@H](Cc2cc(Br)c(O)c(Br)c2)C(=O)N2CCC(c3ccncc3)CC2)CC1. The molecule has 1 atom stereocenters. The van der Waals surface area contributed by atoms with Crippen LogP contribution in [-0.4, -0.2) is 95.1 Å². The van der Waals surface area contributed by atoms with Gasteiger partial charge in [-0.2, -0.15) is 0 Å². The van der Waals surface area contributed by atoms with Gasteiger partial charge in [-0.1, -0.05) is 0 Å². The van der Waals surface area contributed by atoms with Crippen molar-refractivity contribution in [2.45, 2.75) is 50.1 Å². The first-order valence-corrected chi connectivity index (χ1v) is 15.1. The van der Waals surface area contributed by atoms with Crippen LogP contribution in [0.1, 0.15) is 42.7 Å². The number of hydrogen-bond donors (Lipinski definition) is 3. The fraction of sp³-hybridized carbons (Fsp3) is 0.500. The normalized spacial score (nSPS) is 17.3. The summed E-state index contributed by atoms with van der Waals surface area (Å²) in [4.78, 5) is 48.5. The summed E-state index contributed by atoms with van der Waals surface area (Å²) >= 11 is 6.73. The summed E-state index contributed by atoms with van der Waals surface area (Å²) in [5.74, 6) is 0.341. The lowest BCUT2D eigenvalue weighted by Crippen LogP contribution is -2.56. The number of rotatable bonds is 6. The van der Waals surface area contributed by atoms with Crippen molar-refractivity contribution in [1.29, 1.82) is 0 Å². The van der Waals surface area contributed by atoms with Crippen molar-refractivity contribution in [3.05, 3.63) is 56.7 Å². The van der Waals surface area contributed by atoms with E-state index in [0.29, 0.717) is 53.9 Å². The number of aromatic nitrogens is 1. The standard InChI is InChI=1S/C28H36Br2N6O4/c1-31-27(39)34(2)21-7-13-36(14-8-21)28(40)33-24(17-18-15-22(29)25(37)23(30)16-18)26(38)35-11-5-20(6-12-35)19-3-9-32-10-4-19/h3-4,9-10,15-16,20-21,24,37H,5-8,11-14,17H2,1-2H3,(H,31,39)(H,33,40)/t24-/m1/s1. The second-order valence-electron chi connectivity index (χ2n) is 10.4. The molecule has 1 aromatic heterocycles. The van der Waals surface area contributed by atoms with Gasteiger partial charge < -0.3 is 30.4 Å². The molecule has 0 saturated carbocycles. The third kappa shape index (κ3) is 7.25. The van der Waals surface area contributed by atoms with Gasteiger partial charge in [0.15, 0.2) is 0 Å². The molecule has 3 heterocycles. The highest BCUT2D eigenvalue weighted by Crippen LogP contribution is 2.34. The van der Waals surface area contributed by atoms with E-state index < -0.39 is 6.04 Å². The third-order valence-corrected chi connectivity index (χ3v) is 9.14. The number of carbonyl (C=O) groups excluding carboxylic acids is 3. The number of nitrogens with one attached hydrogen (secondary N) is 2. The van der Waals surface area contributed by atoms with Crippen LogP contribution in [0.2, 0.25) is 0 Å². The van der Waals surface area contributed by atoms with Crippen LogP contribution < -0.4 is 10.6 Å². The predicted molar refractivity (Wildman–Crippen MR) is 159 cm³/mol. The Bertz CT molecular complexity index is 1180. The highest BCUT2D eigenvalue weighted by molar-refractivity contribution is 9.11. The zero-order valence-electron chi connectivity index (χ0n) is 22.8. The highest BCUT2D eigenvalue weighted by atomic mass is 79.9. The Morgan fingerprint density at radius 2 is 1.60 bits per heavy atom. The molecule has 2 saturated heterocycles. The Balaban J connectivity index is 1.44. The molecule has 216 valence electrons. The Hall–Kier alpha value is -2.86. The molecule has 2 aliphatic rings. The minimum atomic E-state index is -0.764. The maximum absolute atomic E-state index is 13.8. The maximum Gasteiger partial charge on any atom is 0.318 e.